The monoisotopic (exact) mass is 190 g/mol. The van der Waals surface area contributed by atoms with Crippen LogP contribution in [0, 0.1) is 5.92 Å². The molecule has 1 rings (SSSR count). The van der Waals surface area contributed by atoms with Gasteiger partial charge in [-0.15, -0.1) is 0 Å². The highest BCUT2D eigenvalue weighted by Gasteiger charge is 2.00. The van der Waals surface area contributed by atoms with Crippen LogP contribution in [-0.4, -0.2) is 9.97 Å². The fourth-order valence-corrected chi connectivity index (χ4v) is 1.27. The second-order valence-electron chi connectivity index (χ2n) is 4.09. The van der Waals surface area contributed by atoms with Crippen molar-refractivity contribution in [3.05, 3.63) is 23.1 Å². The van der Waals surface area contributed by atoms with E-state index in [9.17, 15) is 0 Å². The van der Waals surface area contributed by atoms with Gasteiger partial charge < -0.3 is 0 Å². The molecule has 2 nitrogen and oxygen atoms in total. The number of rotatable bonds is 1. The van der Waals surface area contributed by atoms with Crippen molar-refractivity contribution in [1.82, 2.24) is 9.97 Å². The molecule has 0 N–H and O–H groups in total. The second-order valence-corrected chi connectivity index (χ2v) is 4.09. The molecule has 0 atom stereocenters. The summed E-state index contributed by atoms with van der Waals surface area (Å²) in [4.78, 5) is 8.76. The maximum absolute atomic E-state index is 4.40. The molecule has 0 radical (unpaired) electrons. The molecule has 0 aliphatic heterocycles. The average Bonchev–Trinajstić information content (AvgIpc) is 2.16. The van der Waals surface area contributed by atoms with Crippen molar-refractivity contribution in [3.8, 4) is 0 Å². The molecular weight excluding hydrogens is 172 g/mol. The van der Waals surface area contributed by atoms with E-state index in [1.54, 1.807) is 12.4 Å². The van der Waals surface area contributed by atoms with E-state index in [0.717, 1.165) is 10.7 Å². The van der Waals surface area contributed by atoms with Crippen LogP contribution in [0.15, 0.2) is 12.4 Å². The third kappa shape index (κ3) is 2.19. The molecule has 1 aromatic rings. The fourth-order valence-electron chi connectivity index (χ4n) is 1.27. The molecule has 2 heteroatoms. The SMILES string of the molecule is CC(C)=c1nccn/c1=C(/C)C(C)C. The predicted molar refractivity (Wildman–Crippen MR) is 60.0 cm³/mol. The largest absolute Gasteiger partial charge is 0.253 e. The minimum Gasteiger partial charge on any atom is -0.253 e. The summed E-state index contributed by atoms with van der Waals surface area (Å²) in [7, 11) is 0. The Hall–Kier alpha value is -1.18. The zero-order valence-electron chi connectivity index (χ0n) is 9.63. The van der Waals surface area contributed by atoms with Crippen LogP contribution in [0.3, 0.4) is 0 Å². The summed E-state index contributed by atoms with van der Waals surface area (Å²) in [5.41, 5.74) is 2.52. The minimum absolute atomic E-state index is 0.518. The van der Waals surface area contributed by atoms with Crippen molar-refractivity contribution in [2.24, 2.45) is 5.92 Å². The smallest absolute Gasteiger partial charge is 0.0877 e. The van der Waals surface area contributed by atoms with Gasteiger partial charge in [0.15, 0.2) is 0 Å². The van der Waals surface area contributed by atoms with Gasteiger partial charge in [-0.05, 0) is 37.8 Å². The van der Waals surface area contributed by atoms with Crippen molar-refractivity contribution in [1.29, 1.82) is 0 Å². The molecule has 1 heterocycles. The Morgan fingerprint density at radius 2 is 1.50 bits per heavy atom. The van der Waals surface area contributed by atoms with Crippen LogP contribution in [0.5, 0.6) is 0 Å². The summed E-state index contributed by atoms with van der Waals surface area (Å²) in [5.74, 6) is 0.518. The van der Waals surface area contributed by atoms with E-state index < -0.39 is 0 Å². The van der Waals surface area contributed by atoms with Crippen molar-refractivity contribution in [2.75, 3.05) is 0 Å². The van der Waals surface area contributed by atoms with Crippen LogP contribution in [0.1, 0.15) is 34.6 Å². The highest BCUT2D eigenvalue weighted by Crippen LogP contribution is 2.05. The highest BCUT2D eigenvalue weighted by atomic mass is 14.8. The molecule has 0 amide bonds. The van der Waals surface area contributed by atoms with Crippen molar-refractivity contribution < 1.29 is 0 Å². The Bertz CT molecular complexity index is 426. The van der Waals surface area contributed by atoms with Crippen molar-refractivity contribution in [2.45, 2.75) is 34.6 Å². The van der Waals surface area contributed by atoms with Crippen molar-refractivity contribution >= 4 is 11.1 Å². The fraction of sp³-hybridized carbons (Fsp3) is 0.500. The maximum Gasteiger partial charge on any atom is 0.0877 e. The number of hydrogen-bond donors (Lipinski definition) is 0. The topological polar surface area (TPSA) is 25.8 Å². The van der Waals surface area contributed by atoms with Crippen LogP contribution in [0.2, 0.25) is 0 Å². The molecule has 0 unspecified atom stereocenters. The summed E-state index contributed by atoms with van der Waals surface area (Å²) < 4.78 is 0. The Morgan fingerprint density at radius 3 is 1.93 bits per heavy atom. The first-order valence-corrected chi connectivity index (χ1v) is 4.99. The molecule has 14 heavy (non-hydrogen) atoms. The number of aromatic nitrogens is 2. The number of nitrogens with zero attached hydrogens (tertiary/aromatic N) is 2. The lowest BCUT2D eigenvalue weighted by Crippen LogP contribution is -2.34. The van der Waals surface area contributed by atoms with Gasteiger partial charge in [0.1, 0.15) is 0 Å². The molecule has 0 fully saturated rings. The maximum atomic E-state index is 4.40. The zero-order chi connectivity index (χ0) is 10.7. The molecular formula is C12H18N2. The van der Waals surface area contributed by atoms with E-state index >= 15 is 0 Å². The zero-order valence-corrected chi connectivity index (χ0v) is 9.63. The molecule has 0 aliphatic carbocycles. The van der Waals surface area contributed by atoms with Crippen LogP contribution >= 0.6 is 0 Å². The minimum atomic E-state index is 0.518. The molecule has 0 aliphatic rings. The molecule has 0 bridgehead atoms. The summed E-state index contributed by atoms with van der Waals surface area (Å²) >= 11 is 0. The lowest BCUT2D eigenvalue weighted by molar-refractivity contribution is 0.830. The first-order chi connectivity index (χ1) is 6.54. The Labute approximate surface area is 85.4 Å². The molecule has 0 spiro atoms. The van der Waals surface area contributed by atoms with E-state index in [0.29, 0.717) is 5.92 Å². The van der Waals surface area contributed by atoms with Gasteiger partial charge in [0, 0.05) is 12.4 Å². The van der Waals surface area contributed by atoms with Crippen LogP contribution < -0.4 is 10.7 Å². The van der Waals surface area contributed by atoms with Crippen molar-refractivity contribution in [3.63, 3.8) is 0 Å². The van der Waals surface area contributed by atoms with E-state index in [1.807, 2.05) is 0 Å². The van der Waals surface area contributed by atoms with Gasteiger partial charge in [-0.2, -0.15) is 0 Å². The van der Waals surface area contributed by atoms with Gasteiger partial charge >= 0.3 is 0 Å². The van der Waals surface area contributed by atoms with Crippen LogP contribution in [0.25, 0.3) is 11.1 Å². The number of hydrogen-bond acceptors (Lipinski definition) is 2. The first kappa shape index (κ1) is 10.9. The quantitative estimate of drug-likeness (QED) is 0.670. The Morgan fingerprint density at radius 1 is 1.00 bits per heavy atom. The van der Waals surface area contributed by atoms with Gasteiger partial charge in [0.2, 0.25) is 0 Å². The lowest BCUT2D eigenvalue weighted by atomic mass is 10.0. The molecule has 0 saturated carbocycles. The molecule has 1 aromatic heterocycles. The summed E-state index contributed by atoms with van der Waals surface area (Å²) in [6, 6.07) is 0. The van der Waals surface area contributed by atoms with E-state index in [4.69, 9.17) is 0 Å². The summed E-state index contributed by atoms with van der Waals surface area (Å²) in [6.45, 7) is 10.6. The third-order valence-corrected chi connectivity index (χ3v) is 2.41. The predicted octanol–water partition coefficient (Wildman–Crippen LogP) is 1.49. The van der Waals surface area contributed by atoms with E-state index in [1.165, 1.54) is 11.1 Å². The summed E-state index contributed by atoms with van der Waals surface area (Å²) in [6.07, 6.45) is 3.51. The van der Waals surface area contributed by atoms with Crippen LogP contribution in [-0.2, 0) is 0 Å². The van der Waals surface area contributed by atoms with Gasteiger partial charge in [0.05, 0.1) is 10.7 Å². The van der Waals surface area contributed by atoms with E-state index in [-0.39, 0.29) is 0 Å². The molecule has 0 saturated heterocycles. The first-order valence-electron chi connectivity index (χ1n) is 4.99. The summed E-state index contributed by atoms with van der Waals surface area (Å²) in [5, 5.41) is 2.07. The third-order valence-electron chi connectivity index (χ3n) is 2.41. The highest BCUT2D eigenvalue weighted by molar-refractivity contribution is 5.45. The van der Waals surface area contributed by atoms with Crippen LogP contribution in [0.4, 0.5) is 0 Å². The van der Waals surface area contributed by atoms with Gasteiger partial charge in [-0.25, -0.2) is 0 Å². The Balaban J connectivity index is 3.67. The molecule has 76 valence electrons. The van der Waals surface area contributed by atoms with Gasteiger partial charge in [-0.1, -0.05) is 13.8 Å². The van der Waals surface area contributed by atoms with E-state index in [2.05, 4.69) is 44.6 Å². The lowest BCUT2D eigenvalue weighted by Gasteiger charge is -2.04. The normalized spacial score (nSPS) is 13.0. The van der Waals surface area contributed by atoms with Gasteiger partial charge in [-0.3, -0.25) is 9.97 Å². The Kier molecular flexibility index (Phi) is 3.39. The second kappa shape index (κ2) is 4.36. The van der Waals surface area contributed by atoms with Gasteiger partial charge in [0.25, 0.3) is 0 Å². The molecule has 0 aromatic carbocycles. The standard InChI is InChI=1S/C12H18N2/c1-8(2)10(5)12-11(9(3)4)13-6-7-14-12/h6-8H,1-5H3/b12-10-. The average molecular weight is 190 g/mol.